The van der Waals surface area contributed by atoms with Crippen molar-refractivity contribution in [2.24, 2.45) is 0 Å². The van der Waals surface area contributed by atoms with Crippen molar-refractivity contribution >= 4 is 17.8 Å². The van der Waals surface area contributed by atoms with E-state index in [0.717, 1.165) is 10.5 Å². The maximum atomic E-state index is 12.5. The summed E-state index contributed by atoms with van der Waals surface area (Å²) >= 11 is 0. The summed E-state index contributed by atoms with van der Waals surface area (Å²) in [6.45, 7) is 3.74. The fourth-order valence-electron chi connectivity index (χ4n) is 3.16. The molecule has 4 amide bonds. The van der Waals surface area contributed by atoms with Crippen LogP contribution >= 0.6 is 0 Å². The maximum absolute atomic E-state index is 12.5. The van der Waals surface area contributed by atoms with Crippen LogP contribution in [-0.2, 0) is 16.0 Å². The van der Waals surface area contributed by atoms with Crippen LogP contribution in [0.4, 0.5) is 4.79 Å². The molecular weight excluding hydrogens is 350 g/mol. The molecule has 2 rings (SSSR count). The Kier molecular flexibility index (Phi) is 6.65. The summed E-state index contributed by atoms with van der Waals surface area (Å²) in [6, 6.07) is 4.93. The van der Waals surface area contributed by atoms with Gasteiger partial charge in [-0.3, -0.25) is 14.5 Å². The lowest BCUT2D eigenvalue weighted by Gasteiger charge is -2.23. The molecular formula is C19H27N3O5. The zero-order valence-electron chi connectivity index (χ0n) is 16.3. The van der Waals surface area contributed by atoms with E-state index >= 15 is 0 Å². The van der Waals surface area contributed by atoms with Gasteiger partial charge in [-0.2, -0.15) is 0 Å². The summed E-state index contributed by atoms with van der Waals surface area (Å²) in [6.07, 6.45) is 1.50. The number of nitrogens with one attached hydrogen (secondary N) is 2. The Labute approximate surface area is 159 Å². The van der Waals surface area contributed by atoms with E-state index in [0.29, 0.717) is 37.3 Å². The number of hydrogen-bond donors (Lipinski definition) is 2. The van der Waals surface area contributed by atoms with E-state index in [9.17, 15) is 14.4 Å². The van der Waals surface area contributed by atoms with Gasteiger partial charge in [0, 0.05) is 6.54 Å². The number of rotatable bonds is 9. The molecule has 0 saturated carbocycles. The fourth-order valence-corrected chi connectivity index (χ4v) is 3.16. The van der Waals surface area contributed by atoms with Crippen molar-refractivity contribution < 1.29 is 23.9 Å². The SMILES string of the molecule is CCC1(CC)NC(=O)N(CC(=O)NCCc2cc(OC)ccc2OC)C1=O. The van der Waals surface area contributed by atoms with Crippen LogP contribution in [0.25, 0.3) is 0 Å². The topological polar surface area (TPSA) is 97.0 Å². The molecule has 1 fully saturated rings. The molecule has 148 valence electrons. The number of carbonyl (C=O) groups is 3. The molecule has 0 radical (unpaired) electrons. The number of ether oxygens (including phenoxy) is 2. The van der Waals surface area contributed by atoms with Crippen molar-refractivity contribution in [3.05, 3.63) is 23.8 Å². The minimum atomic E-state index is -0.897. The second kappa shape index (κ2) is 8.75. The molecule has 0 spiro atoms. The number of urea groups is 1. The Morgan fingerprint density at radius 2 is 1.89 bits per heavy atom. The smallest absolute Gasteiger partial charge is 0.325 e. The maximum Gasteiger partial charge on any atom is 0.325 e. The second-order valence-corrected chi connectivity index (χ2v) is 6.39. The molecule has 1 saturated heterocycles. The number of benzene rings is 1. The van der Waals surface area contributed by atoms with Gasteiger partial charge in [0.05, 0.1) is 14.2 Å². The number of hydrogen-bond acceptors (Lipinski definition) is 5. The summed E-state index contributed by atoms with van der Waals surface area (Å²) in [7, 11) is 3.16. The molecule has 8 nitrogen and oxygen atoms in total. The molecule has 0 unspecified atom stereocenters. The number of nitrogens with zero attached hydrogens (tertiary/aromatic N) is 1. The second-order valence-electron chi connectivity index (χ2n) is 6.39. The summed E-state index contributed by atoms with van der Waals surface area (Å²) in [5.41, 5.74) is -0.00572. The standard InChI is InChI=1S/C19H27N3O5/c1-5-19(6-2)17(24)22(18(25)21-19)12-16(23)20-10-9-13-11-14(26-3)7-8-15(13)27-4/h7-8,11H,5-6,9-10,12H2,1-4H3,(H,20,23)(H,21,25). The van der Waals surface area contributed by atoms with Crippen LogP contribution in [0.2, 0.25) is 0 Å². The number of amides is 4. The van der Waals surface area contributed by atoms with E-state index in [1.54, 1.807) is 26.4 Å². The Balaban J connectivity index is 1.92. The van der Waals surface area contributed by atoms with Crippen LogP contribution in [0.15, 0.2) is 18.2 Å². The largest absolute Gasteiger partial charge is 0.497 e. The van der Waals surface area contributed by atoms with Crippen molar-refractivity contribution in [2.75, 3.05) is 27.3 Å². The van der Waals surface area contributed by atoms with E-state index in [-0.39, 0.29) is 18.4 Å². The molecule has 0 atom stereocenters. The zero-order valence-corrected chi connectivity index (χ0v) is 16.3. The average Bonchev–Trinajstić information content (AvgIpc) is 2.92. The number of carbonyl (C=O) groups excluding carboxylic acids is 3. The predicted molar refractivity (Wildman–Crippen MR) is 99.8 cm³/mol. The first-order valence-electron chi connectivity index (χ1n) is 9.02. The third-order valence-corrected chi connectivity index (χ3v) is 4.96. The highest BCUT2D eigenvalue weighted by Gasteiger charge is 2.49. The van der Waals surface area contributed by atoms with Gasteiger partial charge in [0.1, 0.15) is 23.6 Å². The summed E-state index contributed by atoms with van der Waals surface area (Å²) in [5.74, 6) is 0.673. The highest BCUT2D eigenvalue weighted by molar-refractivity contribution is 6.08. The van der Waals surface area contributed by atoms with Crippen LogP contribution in [-0.4, -0.2) is 55.6 Å². The quantitative estimate of drug-likeness (QED) is 0.635. The van der Waals surface area contributed by atoms with E-state index in [1.165, 1.54) is 0 Å². The molecule has 1 aromatic carbocycles. The van der Waals surface area contributed by atoms with Gasteiger partial charge in [0.25, 0.3) is 5.91 Å². The minimum absolute atomic E-state index is 0.290. The predicted octanol–water partition coefficient (Wildman–Crippen LogP) is 1.47. The molecule has 2 N–H and O–H groups in total. The number of imide groups is 1. The molecule has 0 bridgehead atoms. The van der Waals surface area contributed by atoms with Crippen LogP contribution in [0.1, 0.15) is 32.3 Å². The van der Waals surface area contributed by atoms with Gasteiger partial charge in [-0.15, -0.1) is 0 Å². The van der Waals surface area contributed by atoms with E-state index < -0.39 is 11.6 Å². The lowest BCUT2D eigenvalue weighted by Crippen LogP contribution is -2.46. The monoisotopic (exact) mass is 377 g/mol. The first-order chi connectivity index (χ1) is 12.9. The third kappa shape index (κ3) is 4.32. The molecule has 1 aromatic rings. The van der Waals surface area contributed by atoms with E-state index in [2.05, 4.69) is 10.6 Å². The van der Waals surface area contributed by atoms with Crippen molar-refractivity contribution in [3.63, 3.8) is 0 Å². The van der Waals surface area contributed by atoms with Gasteiger partial charge < -0.3 is 20.1 Å². The highest BCUT2D eigenvalue weighted by atomic mass is 16.5. The molecule has 1 aliphatic heterocycles. The summed E-state index contributed by atoms with van der Waals surface area (Å²) < 4.78 is 10.5. The van der Waals surface area contributed by atoms with Crippen LogP contribution in [0, 0.1) is 0 Å². The third-order valence-electron chi connectivity index (χ3n) is 4.96. The van der Waals surface area contributed by atoms with E-state index in [4.69, 9.17) is 9.47 Å². The Hall–Kier alpha value is -2.77. The van der Waals surface area contributed by atoms with Crippen molar-refractivity contribution in [3.8, 4) is 11.5 Å². The Morgan fingerprint density at radius 3 is 2.44 bits per heavy atom. The minimum Gasteiger partial charge on any atom is -0.497 e. The van der Waals surface area contributed by atoms with Gasteiger partial charge in [0.15, 0.2) is 0 Å². The average molecular weight is 377 g/mol. The Bertz CT molecular complexity index is 715. The van der Waals surface area contributed by atoms with Gasteiger partial charge in [-0.05, 0) is 43.0 Å². The normalized spacial score (nSPS) is 15.5. The van der Waals surface area contributed by atoms with Gasteiger partial charge in [-0.1, -0.05) is 13.8 Å². The lowest BCUT2D eigenvalue weighted by molar-refractivity contribution is -0.135. The molecule has 0 aromatic heterocycles. The fraction of sp³-hybridized carbons (Fsp3) is 0.526. The zero-order chi connectivity index (χ0) is 20.0. The molecule has 8 heteroatoms. The van der Waals surface area contributed by atoms with E-state index in [1.807, 2.05) is 19.9 Å². The number of methoxy groups -OCH3 is 2. The van der Waals surface area contributed by atoms with Gasteiger partial charge in [-0.25, -0.2) is 4.79 Å². The molecule has 1 heterocycles. The first kappa shape index (κ1) is 20.5. The van der Waals surface area contributed by atoms with Crippen LogP contribution in [0.3, 0.4) is 0 Å². The van der Waals surface area contributed by atoms with Crippen LogP contribution < -0.4 is 20.1 Å². The molecule has 0 aliphatic carbocycles. The summed E-state index contributed by atoms with van der Waals surface area (Å²) in [5, 5.41) is 5.45. The van der Waals surface area contributed by atoms with Crippen molar-refractivity contribution in [1.82, 2.24) is 15.5 Å². The summed E-state index contributed by atoms with van der Waals surface area (Å²) in [4.78, 5) is 37.8. The lowest BCUT2D eigenvalue weighted by atomic mass is 9.93. The Morgan fingerprint density at radius 1 is 1.19 bits per heavy atom. The molecule has 27 heavy (non-hydrogen) atoms. The van der Waals surface area contributed by atoms with Crippen molar-refractivity contribution in [1.29, 1.82) is 0 Å². The first-order valence-corrected chi connectivity index (χ1v) is 9.02. The molecule has 1 aliphatic rings. The highest BCUT2D eigenvalue weighted by Crippen LogP contribution is 2.25. The van der Waals surface area contributed by atoms with Gasteiger partial charge in [0.2, 0.25) is 5.91 Å². The van der Waals surface area contributed by atoms with Gasteiger partial charge >= 0.3 is 6.03 Å². The van der Waals surface area contributed by atoms with Crippen molar-refractivity contribution in [2.45, 2.75) is 38.6 Å². The van der Waals surface area contributed by atoms with Crippen LogP contribution in [0.5, 0.6) is 11.5 Å².